The SMILES string of the molecule is CC(=O)O.CN1CN=CN2CCCCC12. The van der Waals surface area contributed by atoms with E-state index in [4.69, 9.17) is 9.90 Å². The van der Waals surface area contributed by atoms with Crippen LogP contribution in [0, 0.1) is 0 Å². The van der Waals surface area contributed by atoms with Crippen LogP contribution in [0.1, 0.15) is 26.2 Å². The number of carbonyl (C=O) groups is 1. The molecule has 0 aromatic heterocycles. The van der Waals surface area contributed by atoms with Crippen LogP contribution in [0.15, 0.2) is 4.99 Å². The first-order valence-corrected chi connectivity index (χ1v) is 5.26. The van der Waals surface area contributed by atoms with Gasteiger partial charge in [-0.2, -0.15) is 0 Å². The maximum absolute atomic E-state index is 9.00. The normalized spacial score (nSPS) is 25.2. The van der Waals surface area contributed by atoms with Crippen LogP contribution >= 0.6 is 0 Å². The molecule has 0 aromatic carbocycles. The number of nitrogens with zero attached hydrogens (tertiary/aromatic N) is 3. The van der Waals surface area contributed by atoms with Gasteiger partial charge in [-0.1, -0.05) is 0 Å². The summed E-state index contributed by atoms with van der Waals surface area (Å²) in [6.07, 6.45) is 6.67. The van der Waals surface area contributed by atoms with Crippen molar-refractivity contribution in [1.82, 2.24) is 9.80 Å². The Bertz CT molecular complexity index is 239. The van der Waals surface area contributed by atoms with E-state index in [-0.39, 0.29) is 0 Å². The van der Waals surface area contributed by atoms with Gasteiger partial charge in [0.2, 0.25) is 0 Å². The summed E-state index contributed by atoms with van der Waals surface area (Å²) in [5, 5.41) is 7.42. The minimum Gasteiger partial charge on any atom is -0.481 e. The highest BCUT2D eigenvalue weighted by atomic mass is 16.4. The van der Waals surface area contributed by atoms with Gasteiger partial charge in [0.05, 0.1) is 19.2 Å². The van der Waals surface area contributed by atoms with Crippen molar-refractivity contribution < 1.29 is 9.90 Å². The second kappa shape index (κ2) is 5.70. The van der Waals surface area contributed by atoms with E-state index in [9.17, 15) is 0 Å². The Morgan fingerprint density at radius 2 is 2.20 bits per heavy atom. The molecule has 2 aliphatic rings. The van der Waals surface area contributed by atoms with Crippen molar-refractivity contribution in [2.45, 2.75) is 32.4 Å². The first-order valence-electron chi connectivity index (χ1n) is 5.26. The molecule has 1 unspecified atom stereocenters. The Kier molecular flexibility index (Phi) is 4.55. The average molecular weight is 213 g/mol. The molecule has 0 radical (unpaired) electrons. The van der Waals surface area contributed by atoms with Gasteiger partial charge in [-0.05, 0) is 26.3 Å². The van der Waals surface area contributed by atoms with Crippen LogP contribution in [0.25, 0.3) is 0 Å². The summed E-state index contributed by atoms with van der Waals surface area (Å²) in [6, 6.07) is 0. The minimum atomic E-state index is -0.833. The lowest BCUT2D eigenvalue weighted by molar-refractivity contribution is -0.134. The first-order chi connectivity index (χ1) is 7.11. The Hall–Kier alpha value is -1.10. The van der Waals surface area contributed by atoms with Gasteiger partial charge in [0.25, 0.3) is 5.97 Å². The fourth-order valence-electron chi connectivity index (χ4n) is 1.91. The number of hydrogen-bond acceptors (Lipinski definition) is 4. The number of piperidine rings is 1. The molecule has 0 spiro atoms. The number of aliphatic imine (C=N–C) groups is 1. The Labute approximate surface area is 90.4 Å². The summed E-state index contributed by atoms with van der Waals surface area (Å²) in [5.74, 6) is -0.833. The highest BCUT2D eigenvalue weighted by Crippen LogP contribution is 2.19. The fourth-order valence-corrected chi connectivity index (χ4v) is 1.91. The molecule has 0 saturated carbocycles. The molecule has 86 valence electrons. The zero-order valence-corrected chi connectivity index (χ0v) is 9.39. The number of carboxylic acids is 1. The topological polar surface area (TPSA) is 56.1 Å². The molecule has 2 aliphatic heterocycles. The molecule has 2 rings (SSSR count). The van der Waals surface area contributed by atoms with Crippen LogP contribution < -0.4 is 0 Å². The van der Waals surface area contributed by atoms with Gasteiger partial charge in [0.1, 0.15) is 0 Å². The molecule has 0 aliphatic carbocycles. The Balaban J connectivity index is 0.000000245. The third kappa shape index (κ3) is 3.87. The Morgan fingerprint density at radius 1 is 1.53 bits per heavy atom. The van der Waals surface area contributed by atoms with Gasteiger partial charge >= 0.3 is 0 Å². The number of carboxylic acid groups (broad SMARTS) is 1. The van der Waals surface area contributed by atoms with E-state index >= 15 is 0 Å². The molecule has 0 amide bonds. The zero-order valence-electron chi connectivity index (χ0n) is 9.39. The Morgan fingerprint density at radius 3 is 2.80 bits per heavy atom. The van der Waals surface area contributed by atoms with Crippen LogP contribution in [0.2, 0.25) is 0 Å². The minimum absolute atomic E-state index is 0.640. The van der Waals surface area contributed by atoms with Crippen LogP contribution in [0.5, 0.6) is 0 Å². The lowest BCUT2D eigenvalue weighted by Crippen LogP contribution is -2.51. The summed E-state index contributed by atoms with van der Waals surface area (Å²) in [7, 11) is 2.15. The lowest BCUT2D eigenvalue weighted by Gasteiger charge is -2.41. The van der Waals surface area contributed by atoms with Crippen molar-refractivity contribution in [2.75, 3.05) is 20.3 Å². The summed E-state index contributed by atoms with van der Waals surface area (Å²) in [6.45, 7) is 3.15. The van der Waals surface area contributed by atoms with Crippen molar-refractivity contribution in [2.24, 2.45) is 4.99 Å². The monoisotopic (exact) mass is 213 g/mol. The van der Waals surface area contributed by atoms with Crippen molar-refractivity contribution >= 4 is 12.3 Å². The second-order valence-corrected chi connectivity index (χ2v) is 3.93. The largest absolute Gasteiger partial charge is 0.481 e. The average Bonchev–Trinajstić information content (AvgIpc) is 2.18. The number of fused-ring (bicyclic) bond motifs is 1. The van der Waals surface area contributed by atoms with Crippen molar-refractivity contribution in [3.05, 3.63) is 0 Å². The van der Waals surface area contributed by atoms with Gasteiger partial charge < -0.3 is 10.0 Å². The first kappa shape index (κ1) is 12.0. The van der Waals surface area contributed by atoms with E-state index in [0.717, 1.165) is 13.6 Å². The van der Waals surface area contributed by atoms with E-state index < -0.39 is 5.97 Å². The zero-order chi connectivity index (χ0) is 11.3. The summed E-state index contributed by atoms with van der Waals surface area (Å²) in [5.41, 5.74) is 0. The highest BCUT2D eigenvalue weighted by molar-refractivity contribution is 5.62. The number of aliphatic carboxylic acids is 1. The number of hydrogen-bond donors (Lipinski definition) is 1. The predicted octanol–water partition coefficient (Wildman–Crippen LogP) is 0.820. The van der Waals surface area contributed by atoms with Gasteiger partial charge in [0, 0.05) is 13.5 Å². The van der Waals surface area contributed by atoms with E-state index in [2.05, 4.69) is 21.8 Å². The highest BCUT2D eigenvalue weighted by Gasteiger charge is 2.25. The quantitative estimate of drug-likeness (QED) is 0.647. The third-order valence-electron chi connectivity index (χ3n) is 2.55. The van der Waals surface area contributed by atoms with Crippen LogP contribution in [-0.4, -0.2) is 53.6 Å². The molecule has 1 atom stereocenters. The molecule has 1 saturated heterocycles. The van der Waals surface area contributed by atoms with E-state index in [0.29, 0.717) is 6.17 Å². The number of rotatable bonds is 0. The summed E-state index contributed by atoms with van der Waals surface area (Å²) >= 11 is 0. The van der Waals surface area contributed by atoms with Gasteiger partial charge in [0.15, 0.2) is 0 Å². The molecule has 1 N–H and O–H groups in total. The van der Waals surface area contributed by atoms with Crippen LogP contribution in [-0.2, 0) is 4.79 Å². The molecule has 15 heavy (non-hydrogen) atoms. The van der Waals surface area contributed by atoms with E-state index in [1.54, 1.807) is 0 Å². The van der Waals surface area contributed by atoms with Gasteiger partial charge in [-0.25, -0.2) is 0 Å². The summed E-state index contributed by atoms with van der Waals surface area (Å²) < 4.78 is 0. The third-order valence-corrected chi connectivity index (χ3v) is 2.55. The molecule has 5 nitrogen and oxygen atoms in total. The van der Waals surface area contributed by atoms with Crippen LogP contribution in [0.3, 0.4) is 0 Å². The smallest absolute Gasteiger partial charge is 0.300 e. The standard InChI is InChI=1S/C8H15N3.C2H4O2/c1-10-6-9-7-11-5-3-2-4-8(10)11;1-2(3)4/h7-8H,2-6H2,1H3;1H3,(H,3,4). The molecular weight excluding hydrogens is 194 g/mol. The predicted molar refractivity (Wildman–Crippen MR) is 58.8 cm³/mol. The molecule has 0 bridgehead atoms. The lowest BCUT2D eigenvalue weighted by atomic mass is 10.1. The molecule has 5 heteroatoms. The van der Waals surface area contributed by atoms with E-state index in [1.165, 1.54) is 25.8 Å². The van der Waals surface area contributed by atoms with E-state index in [1.807, 2.05) is 6.34 Å². The maximum atomic E-state index is 9.00. The second-order valence-electron chi connectivity index (χ2n) is 3.93. The maximum Gasteiger partial charge on any atom is 0.300 e. The van der Waals surface area contributed by atoms with Crippen molar-refractivity contribution in [3.8, 4) is 0 Å². The molecule has 2 heterocycles. The molecule has 1 fully saturated rings. The van der Waals surface area contributed by atoms with Gasteiger partial charge in [-0.15, -0.1) is 0 Å². The molecule has 0 aromatic rings. The van der Waals surface area contributed by atoms with Gasteiger partial charge in [-0.3, -0.25) is 14.7 Å². The summed E-state index contributed by atoms with van der Waals surface area (Å²) in [4.78, 5) is 17.9. The van der Waals surface area contributed by atoms with Crippen LogP contribution in [0.4, 0.5) is 0 Å². The molecular formula is C10H19N3O2. The fraction of sp³-hybridized carbons (Fsp3) is 0.800. The van der Waals surface area contributed by atoms with Crippen molar-refractivity contribution in [1.29, 1.82) is 0 Å². The van der Waals surface area contributed by atoms with Crippen molar-refractivity contribution in [3.63, 3.8) is 0 Å².